The lowest BCUT2D eigenvalue weighted by molar-refractivity contribution is 0.178. The summed E-state index contributed by atoms with van der Waals surface area (Å²) in [5, 5.41) is 2.59. The number of aliphatic imine (C=N–C) groups is 1. The van der Waals surface area contributed by atoms with E-state index >= 15 is 0 Å². The molecule has 1 aromatic rings. The lowest BCUT2D eigenvalue weighted by atomic mass is 10.3. The van der Waals surface area contributed by atoms with Gasteiger partial charge >= 0.3 is 6.09 Å². The van der Waals surface area contributed by atoms with E-state index in [-0.39, 0.29) is 0 Å². The molecule has 2 N–H and O–H groups in total. The minimum atomic E-state index is -0.548. The van der Waals surface area contributed by atoms with Crippen LogP contribution in [0.2, 0.25) is 0 Å². The second-order valence-corrected chi connectivity index (χ2v) is 3.61. The molecule has 6 heteroatoms. The van der Waals surface area contributed by atoms with Gasteiger partial charge in [0.05, 0.1) is 12.8 Å². The van der Waals surface area contributed by atoms with E-state index in [0.29, 0.717) is 0 Å². The molecule has 1 aliphatic rings. The zero-order chi connectivity index (χ0) is 10.1. The molecule has 0 fully saturated rings. The Balaban J connectivity index is 2.42. The van der Waals surface area contributed by atoms with Gasteiger partial charge in [-0.05, 0) is 11.4 Å². The highest BCUT2D eigenvalue weighted by atomic mass is 32.1. The summed E-state index contributed by atoms with van der Waals surface area (Å²) in [6, 6.07) is 1.83. The number of carbonyl (C=O) groups excluding carboxylic acids is 1. The van der Waals surface area contributed by atoms with E-state index < -0.39 is 12.3 Å². The largest absolute Gasteiger partial charge is 0.452 e. The third-order valence-electron chi connectivity index (χ3n) is 1.88. The van der Waals surface area contributed by atoms with Gasteiger partial charge in [0.2, 0.25) is 0 Å². The van der Waals surface area contributed by atoms with Gasteiger partial charge < -0.3 is 10.5 Å². The van der Waals surface area contributed by atoms with Gasteiger partial charge in [-0.25, -0.2) is 9.69 Å². The summed E-state index contributed by atoms with van der Waals surface area (Å²) in [6.07, 6.45) is 0.507. The Bertz CT molecular complexity index is 388. The van der Waals surface area contributed by atoms with Gasteiger partial charge in [0.1, 0.15) is 11.2 Å². The van der Waals surface area contributed by atoms with Crippen LogP contribution in [0.25, 0.3) is 0 Å². The molecular formula is C8H9N3O2S. The van der Waals surface area contributed by atoms with E-state index in [0.717, 1.165) is 10.7 Å². The lowest BCUT2D eigenvalue weighted by Gasteiger charge is -2.26. The highest BCUT2D eigenvalue weighted by Gasteiger charge is 2.28. The van der Waals surface area contributed by atoms with Gasteiger partial charge in [0.15, 0.2) is 0 Å². The molecule has 1 amide bonds. The molecule has 5 nitrogen and oxygen atoms in total. The van der Waals surface area contributed by atoms with Crippen molar-refractivity contribution in [2.24, 2.45) is 10.7 Å². The minimum absolute atomic E-state index is 0.465. The molecule has 0 aromatic carbocycles. The van der Waals surface area contributed by atoms with Crippen molar-refractivity contribution < 1.29 is 9.53 Å². The predicted molar refractivity (Wildman–Crippen MR) is 55.3 cm³/mol. The van der Waals surface area contributed by atoms with Crippen LogP contribution in [-0.2, 0) is 4.74 Å². The molecule has 1 atom stereocenters. The molecule has 2 rings (SSSR count). The van der Waals surface area contributed by atoms with Crippen LogP contribution < -0.4 is 10.6 Å². The summed E-state index contributed by atoms with van der Waals surface area (Å²) in [6.45, 7) is 0. The van der Waals surface area contributed by atoms with Gasteiger partial charge in [0, 0.05) is 6.21 Å². The maximum atomic E-state index is 11.4. The highest BCUT2D eigenvalue weighted by molar-refractivity contribution is 7.15. The van der Waals surface area contributed by atoms with Gasteiger partial charge in [-0.15, -0.1) is 11.3 Å². The Morgan fingerprint density at radius 2 is 2.57 bits per heavy atom. The van der Waals surface area contributed by atoms with Crippen LogP contribution in [0, 0.1) is 0 Å². The SMILES string of the molecule is COC(=O)N1c2sccc2N=CC1N. The number of nitrogens with two attached hydrogens (primary N) is 1. The highest BCUT2D eigenvalue weighted by Crippen LogP contribution is 2.37. The first-order valence-corrected chi connectivity index (χ1v) is 4.86. The molecule has 74 valence electrons. The number of rotatable bonds is 0. The number of hydrogen-bond acceptors (Lipinski definition) is 5. The van der Waals surface area contributed by atoms with Crippen molar-refractivity contribution in [3.8, 4) is 0 Å². The number of fused-ring (bicyclic) bond motifs is 1. The van der Waals surface area contributed by atoms with E-state index in [4.69, 9.17) is 5.73 Å². The maximum Gasteiger partial charge on any atom is 0.416 e. The lowest BCUT2D eigenvalue weighted by Crippen LogP contribution is -2.48. The summed E-state index contributed by atoms with van der Waals surface area (Å²) in [7, 11) is 1.33. The third-order valence-corrected chi connectivity index (χ3v) is 2.78. The average molecular weight is 211 g/mol. The summed E-state index contributed by atoms with van der Waals surface area (Å²) in [4.78, 5) is 16.9. The second-order valence-electron chi connectivity index (χ2n) is 2.72. The topological polar surface area (TPSA) is 67.9 Å². The molecule has 14 heavy (non-hydrogen) atoms. The molecule has 0 bridgehead atoms. The van der Waals surface area contributed by atoms with Gasteiger partial charge in [-0.3, -0.25) is 4.99 Å². The maximum absolute atomic E-state index is 11.4. The van der Waals surface area contributed by atoms with Crippen molar-refractivity contribution in [3.63, 3.8) is 0 Å². The Labute approximate surface area is 84.8 Å². The minimum Gasteiger partial charge on any atom is -0.452 e. The number of amides is 1. The van der Waals surface area contributed by atoms with Gasteiger partial charge in [0.25, 0.3) is 0 Å². The quantitative estimate of drug-likeness (QED) is 0.703. The van der Waals surface area contributed by atoms with Crippen LogP contribution in [0.3, 0.4) is 0 Å². The van der Waals surface area contributed by atoms with E-state index in [1.54, 1.807) is 0 Å². The van der Waals surface area contributed by atoms with Crippen LogP contribution in [0.1, 0.15) is 0 Å². The van der Waals surface area contributed by atoms with Crippen molar-refractivity contribution in [2.45, 2.75) is 6.17 Å². The molecule has 1 unspecified atom stereocenters. The van der Waals surface area contributed by atoms with Crippen LogP contribution >= 0.6 is 11.3 Å². The van der Waals surface area contributed by atoms with Crippen molar-refractivity contribution >= 4 is 34.3 Å². The summed E-state index contributed by atoms with van der Waals surface area (Å²) in [5.41, 5.74) is 6.46. The first kappa shape index (κ1) is 9.17. The monoisotopic (exact) mass is 211 g/mol. The van der Waals surface area contributed by atoms with Crippen molar-refractivity contribution in [3.05, 3.63) is 11.4 Å². The summed E-state index contributed by atoms with van der Waals surface area (Å²) < 4.78 is 4.64. The first-order valence-electron chi connectivity index (χ1n) is 3.98. The van der Waals surface area contributed by atoms with Crippen LogP contribution in [-0.4, -0.2) is 25.6 Å². The van der Waals surface area contributed by atoms with Crippen LogP contribution in [0.4, 0.5) is 15.5 Å². The number of thiophene rings is 1. The molecule has 2 heterocycles. The van der Waals surface area contributed by atoms with E-state index in [9.17, 15) is 4.79 Å². The fraction of sp³-hybridized carbons (Fsp3) is 0.250. The van der Waals surface area contributed by atoms with Crippen molar-refractivity contribution in [2.75, 3.05) is 12.0 Å². The van der Waals surface area contributed by atoms with Crippen molar-refractivity contribution in [1.82, 2.24) is 0 Å². The molecule has 0 saturated heterocycles. The summed E-state index contributed by atoms with van der Waals surface area (Å²) in [5.74, 6) is 0. The third kappa shape index (κ3) is 1.28. The Morgan fingerprint density at radius 1 is 1.79 bits per heavy atom. The second kappa shape index (κ2) is 3.39. The number of nitrogens with zero attached hydrogens (tertiary/aromatic N) is 2. The molecule has 0 radical (unpaired) electrons. The fourth-order valence-electron chi connectivity index (χ4n) is 1.23. The van der Waals surface area contributed by atoms with Crippen molar-refractivity contribution in [1.29, 1.82) is 0 Å². The normalized spacial score (nSPS) is 19.3. The molecule has 0 spiro atoms. The average Bonchev–Trinajstić information content (AvgIpc) is 2.64. The molecular weight excluding hydrogens is 202 g/mol. The smallest absolute Gasteiger partial charge is 0.416 e. The zero-order valence-corrected chi connectivity index (χ0v) is 8.32. The van der Waals surface area contributed by atoms with Crippen LogP contribution in [0.5, 0.6) is 0 Å². The Hall–Kier alpha value is -1.40. The molecule has 1 aromatic heterocycles. The molecule has 1 aliphatic heterocycles. The van der Waals surface area contributed by atoms with E-state index in [2.05, 4.69) is 9.73 Å². The van der Waals surface area contributed by atoms with Gasteiger partial charge in [-0.1, -0.05) is 0 Å². The summed E-state index contributed by atoms with van der Waals surface area (Å²) >= 11 is 1.41. The van der Waals surface area contributed by atoms with E-state index in [1.165, 1.54) is 29.6 Å². The fourth-order valence-corrected chi connectivity index (χ4v) is 2.11. The number of hydrogen-bond donors (Lipinski definition) is 1. The number of anilines is 1. The Kier molecular flexibility index (Phi) is 2.22. The number of ether oxygens (including phenoxy) is 1. The van der Waals surface area contributed by atoms with Crippen LogP contribution in [0.15, 0.2) is 16.4 Å². The van der Waals surface area contributed by atoms with Gasteiger partial charge in [-0.2, -0.15) is 0 Å². The molecule has 0 aliphatic carbocycles. The standard InChI is InChI=1S/C8H9N3O2S/c1-13-8(12)11-6(9)4-10-5-2-3-14-7(5)11/h2-4,6H,9H2,1H3. The Morgan fingerprint density at radius 3 is 3.29 bits per heavy atom. The predicted octanol–water partition coefficient (Wildman–Crippen LogP) is 1.32. The number of methoxy groups -OCH3 is 1. The zero-order valence-electron chi connectivity index (χ0n) is 7.51. The molecule has 0 saturated carbocycles. The number of carbonyl (C=O) groups is 1. The first-order chi connectivity index (χ1) is 6.74. The van der Waals surface area contributed by atoms with E-state index in [1.807, 2.05) is 11.4 Å².